The molecule has 1 amide bonds. The van der Waals surface area contributed by atoms with E-state index in [1.54, 1.807) is 24.3 Å². The molecule has 2 aromatic heterocycles. The van der Waals surface area contributed by atoms with Crippen LogP contribution in [0.15, 0.2) is 18.2 Å². The highest BCUT2D eigenvalue weighted by Gasteiger charge is 2.10. The van der Waals surface area contributed by atoms with E-state index < -0.39 is 0 Å². The quantitative estimate of drug-likeness (QED) is 0.580. The summed E-state index contributed by atoms with van der Waals surface area (Å²) in [4.78, 5) is 22.3. The van der Waals surface area contributed by atoms with E-state index in [1.165, 1.54) is 4.88 Å². The van der Waals surface area contributed by atoms with Crippen molar-refractivity contribution in [3.63, 3.8) is 0 Å². The number of anilines is 1. The Balaban J connectivity index is 2.05. The summed E-state index contributed by atoms with van der Waals surface area (Å²) in [5.74, 6) is 5.24. The van der Waals surface area contributed by atoms with Gasteiger partial charge in [-0.05, 0) is 32.0 Å². The van der Waals surface area contributed by atoms with E-state index >= 15 is 0 Å². The number of rotatable bonds is 4. The van der Waals surface area contributed by atoms with E-state index in [2.05, 4.69) is 20.7 Å². The van der Waals surface area contributed by atoms with E-state index in [4.69, 9.17) is 5.84 Å². The van der Waals surface area contributed by atoms with Gasteiger partial charge in [0.2, 0.25) is 5.95 Å². The Bertz CT molecular complexity index is 596. The van der Waals surface area contributed by atoms with Crippen LogP contribution in [0.2, 0.25) is 0 Å². The number of hydrogen-bond donors (Lipinski definition) is 3. The maximum absolute atomic E-state index is 12.0. The van der Waals surface area contributed by atoms with Crippen molar-refractivity contribution >= 4 is 23.2 Å². The van der Waals surface area contributed by atoms with Crippen LogP contribution in [0.25, 0.3) is 0 Å². The molecule has 2 aromatic rings. The number of carbonyl (C=O) groups is 1. The molecule has 2 rings (SSSR count). The van der Waals surface area contributed by atoms with Crippen molar-refractivity contribution in [1.29, 1.82) is 0 Å². The molecule has 0 aliphatic rings. The number of nitrogen functional groups attached to an aromatic ring is 1. The smallest absolute Gasteiger partial charge is 0.270 e. The van der Waals surface area contributed by atoms with Crippen molar-refractivity contribution < 1.29 is 4.79 Å². The average molecular weight is 277 g/mol. The summed E-state index contributed by atoms with van der Waals surface area (Å²) in [7, 11) is 0. The van der Waals surface area contributed by atoms with Crippen molar-refractivity contribution in [2.75, 3.05) is 5.43 Å². The van der Waals surface area contributed by atoms with Crippen LogP contribution in [0.1, 0.15) is 25.9 Å². The molecule has 0 saturated carbocycles. The van der Waals surface area contributed by atoms with Gasteiger partial charge in [0, 0.05) is 15.4 Å². The monoisotopic (exact) mass is 277 g/mol. The highest BCUT2D eigenvalue weighted by atomic mass is 32.1. The zero-order chi connectivity index (χ0) is 13.8. The number of hydrazine groups is 1. The van der Waals surface area contributed by atoms with Crippen LogP contribution in [0, 0.1) is 13.8 Å². The summed E-state index contributed by atoms with van der Waals surface area (Å²) in [5.41, 5.74) is 3.32. The fourth-order valence-electron chi connectivity index (χ4n) is 1.59. The molecule has 2 heterocycles. The fraction of sp³-hybridized carbons (Fsp3) is 0.250. The lowest BCUT2D eigenvalue weighted by molar-refractivity contribution is 0.0946. The number of thiophene rings is 1. The fourth-order valence-corrected chi connectivity index (χ4v) is 2.42. The van der Waals surface area contributed by atoms with Crippen LogP contribution in [0.5, 0.6) is 0 Å². The third kappa shape index (κ3) is 3.49. The van der Waals surface area contributed by atoms with Gasteiger partial charge < -0.3 is 5.32 Å². The summed E-state index contributed by atoms with van der Waals surface area (Å²) >= 11 is 1.66. The lowest BCUT2D eigenvalue weighted by Gasteiger charge is -2.06. The Morgan fingerprint density at radius 2 is 2.16 bits per heavy atom. The van der Waals surface area contributed by atoms with Gasteiger partial charge in [-0.25, -0.2) is 15.8 Å². The molecular weight excluding hydrogens is 262 g/mol. The van der Waals surface area contributed by atoms with Gasteiger partial charge in [-0.3, -0.25) is 10.2 Å². The van der Waals surface area contributed by atoms with Gasteiger partial charge in [-0.1, -0.05) is 0 Å². The normalized spacial score (nSPS) is 10.3. The SMILES string of the molecule is Cc1cc(C(=O)NCc2ccc(C)s2)nc(NN)n1. The van der Waals surface area contributed by atoms with E-state index in [-0.39, 0.29) is 11.9 Å². The maximum atomic E-state index is 12.0. The van der Waals surface area contributed by atoms with Crippen molar-refractivity contribution in [3.8, 4) is 0 Å². The molecule has 0 radical (unpaired) electrons. The second-order valence-corrected chi connectivity index (χ2v) is 5.43. The second kappa shape index (κ2) is 5.77. The number of hydrogen-bond acceptors (Lipinski definition) is 6. The molecular formula is C12H15N5OS. The van der Waals surface area contributed by atoms with Gasteiger partial charge in [-0.15, -0.1) is 11.3 Å². The Hall–Kier alpha value is -1.99. The molecule has 0 fully saturated rings. The molecule has 0 bridgehead atoms. The first kappa shape index (κ1) is 13.4. The molecule has 0 unspecified atom stereocenters. The third-order valence-electron chi connectivity index (χ3n) is 2.44. The van der Waals surface area contributed by atoms with Gasteiger partial charge in [0.05, 0.1) is 6.54 Å². The Morgan fingerprint density at radius 3 is 2.79 bits per heavy atom. The predicted octanol–water partition coefficient (Wildman–Crippen LogP) is 1.37. The Labute approximate surface area is 115 Å². The van der Waals surface area contributed by atoms with Crippen LogP contribution in [0.3, 0.4) is 0 Å². The van der Waals surface area contributed by atoms with Crippen molar-refractivity contribution in [2.24, 2.45) is 5.84 Å². The largest absolute Gasteiger partial charge is 0.346 e. The zero-order valence-corrected chi connectivity index (χ0v) is 11.5. The number of nitrogens with one attached hydrogen (secondary N) is 2. The minimum Gasteiger partial charge on any atom is -0.346 e. The predicted molar refractivity (Wildman–Crippen MR) is 74.8 cm³/mol. The molecule has 0 spiro atoms. The Morgan fingerprint density at radius 1 is 1.37 bits per heavy atom. The molecule has 0 atom stereocenters. The topological polar surface area (TPSA) is 92.9 Å². The van der Waals surface area contributed by atoms with Crippen LogP contribution < -0.4 is 16.6 Å². The molecule has 0 aliphatic carbocycles. The first-order chi connectivity index (χ1) is 9.08. The molecule has 19 heavy (non-hydrogen) atoms. The average Bonchev–Trinajstić information content (AvgIpc) is 2.81. The number of aryl methyl sites for hydroxylation is 2. The first-order valence-corrected chi connectivity index (χ1v) is 6.56. The molecule has 7 heteroatoms. The van der Waals surface area contributed by atoms with Gasteiger partial charge in [-0.2, -0.15) is 0 Å². The Kier molecular flexibility index (Phi) is 4.08. The highest BCUT2D eigenvalue weighted by Crippen LogP contribution is 2.14. The summed E-state index contributed by atoms with van der Waals surface area (Å²) in [6.07, 6.45) is 0. The van der Waals surface area contributed by atoms with Gasteiger partial charge in [0.1, 0.15) is 5.69 Å². The standard InChI is InChI=1S/C12H15N5OS/c1-7-5-10(16-12(15-7)17-13)11(18)14-6-9-4-3-8(2)19-9/h3-5H,6,13H2,1-2H3,(H,14,18)(H,15,16,17). The first-order valence-electron chi connectivity index (χ1n) is 5.74. The summed E-state index contributed by atoms with van der Waals surface area (Å²) < 4.78 is 0. The van der Waals surface area contributed by atoms with Gasteiger partial charge in [0.25, 0.3) is 5.91 Å². The molecule has 100 valence electrons. The number of nitrogens with two attached hydrogens (primary N) is 1. The minimum atomic E-state index is -0.243. The molecule has 6 nitrogen and oxygen atoms in total. The van der Waals surface area contributed by atoms with Gasteiger partial charge >= 0.3 is 0 Å². The van der Waals surface area contributed by atoms with Crippen LogP contribution in [-0.4, -0.2) is 15.9 Å². The maximum Gasteiger partial charge on any atom is 0.270 e. The molecule has 0 aliphatic heterocycles. The van der Waals surface area contributed by atoms with Gasteiger partial charge in [0.15, 0.2) is 0 Å². The van der Waals surface area contributed by atoms with Crippen molar-refractivity contribution in [3.05, 3.63) is 39.3 Å². The highest BCUT2D eigenvalue weighted by molar-refractivity contribution is 7.11. The second-order valence-electron chi connectivity index (χ2n) is 4.06. The summed E-state index contributed by atoms with van der Waals surface area (Å²) in [6, 6.07) is 5.64. The number of nitrogens with zero attached hydrogens (tertiary/aromatic N) is 2. The number of carbonyl (C=O) groups excluding carboxylic acids is 1. The molecule has 4 N–H and O–H groups in total. The van der Waals surface area contributed by atoms with Crippen LogP contribution in [0.4, 0.5) is 5.95 Å². The lowest BCUT2D eigenvalue weighted by Crippen LogP contribution is -2.24. The number of amides is 1. The summed E-state index contributed by atoms with van der Waals surface area (Å²) in [5, 5.41) is 2.82. The lowest BCUT2D eigenvalue weighted by atomic mass is 10.3. The van der Waals surface area contributed by atoms with E-state index in [0.717, 1.165) is 4.88 Å². The summed E-state index contributed by atoms with van der Waals surface area (Å²) in [6.45, 7) is 4.30. The van der Waals surface area contributed by atoms with E-state index in [9.17, 15) is 4.79 Å². The van der Waals surface area contributed by atoms with Crippen molar-refractivity contribution in [2.45, 2.75) is 20.4 Å². The molecule has 0 saturated heterocycles. The molecule has 0 aromatic carbocycles. The van der Waals surface area contributed by atoms with E-state index in [0.29, 0.717) is 17.9 Å². The van der Waals surface area contributed by atoms with Crippen LogP contribution >= 0.6 is 11.3 Å². The van der Waals surface area contributed by atoms with Crippen molar-refractivity contribution in [1.82, 2.24) is 15.3 Å². The zero-order valence-electron chi connectivity index (χ0n) is 10.7. The third-order valence-corrected chi connectivity index (χ3v) is 3.44. The number of aromatic nitrogens is 2. The van der Waals surface area contributed by atoms with Crippen LogP contribution in [-0.2, 0) is 6.54 Å². The minimum absolute atomic E-state index is 0.233. The van der Waals surface area contributed by atoms with E-state index in [1.807, 2.05) is 19.1 Å².